The number of fused-ring (bicyclic) bond motifs is 3. The monoisotopic (exact) mass is 549 g/mol. The number of rotatable bonds is 5. The molecule has 43 heavy (non-hydrogen) atoms. The summed E-state index contributed by atoms with van der Waals surface area (Å²) in [5.74, 6) is 0. The summed E-state index contributed by atoms with van der Waals surface area (Å²) in [5, 5.41) is 2.54. The molecule has 0 saturated heterocycles. The lowest BCUT2D eigenvalue weighted by Crippen LogP contribution is -1.98. The molecule has 0 saturated carbocycles. The highest BCUT2D eigenvalue weighted by Crippen LogP contribution is 2.42. The Balaban J connectivity index is 1.49. The van der Waals surface area contributed by atoms with Gasteiger partial charge in [0.05, 0.1) is 11.0 Å². The third-order valence-electron chi connectivity index (χ3n) is 8.57. The van der Waals surface area contributed by atoms with E-state index in [1.165, 1.54) is 66.3 Å². The Labute approximate surface area is 252 Å². The zero-order valence-corrected chi connectivity index (χ0v) is 23.9. The zero-order valence-electron chi connectivity index (χ0n) is 23.9. The van der Waals surface area contributed by atoms with Crippen LogP contribution in [-0.4, -0.2) is 4.57 Å². The molecular weight excluding hydrogens is 518 g/mol. The van der Waals surface area contributed by atoms with Crippen LogP contribution in [0, 0.1) is 0 Å². The summed E-state index contributed by atoms with van der Waals surface area (Å²) < 4.78 is 2.49. The van der Waals surface area contributed by atoms with Crippen LogP contribution in [0.5, 0.6) is 0 Å². The standard InChI is InChI=1S/C42H31N/c1-5-15-30(16-6-1)34-25-35(31-17-7-2-8-18-31)27-37(26-34)43-41-24-14-13-23-38(41)40-29-36(32-19-9-3-10-20-32)28-39(42(40)43)33-21-11-4-12-22-33/h1-2,4-9,11-29H,3,10H2. The van der Waals surface area contributed by atoms with Crippen LogP contribution in [0.1, 0.15) is 18.4 Å². The second-order valence-electron chi connectivity index (χ2n) is 11.3. The van der Waals surface area contributed by atoms with Gasteiger partial charge in [0.25, 0.3) is 0 Å². The van der Waals surface area contributed by atoms with Gasteiger partial charge in [-0.2, -0.15) is 0 Å². The van der Waals surface area contributed by atoms with Gasteiger partial charge in [-0.25, -0.2) is 0 Å². The third kappa shape index (κ3) is 4.60. The lowest BCUT2D eigenvalue weighted by atomic mass is 9.93. The van der Waals surface area contributed by atoms with Gasteiger partial charge in [-0.15, -0.1) is 0 Å². The summed E-state index contributed by atoms with van der Waals surface area (Å²) in [5.41, 5.74) is 13.5. The van der Waals surface area contributed by atoms with E-state index in [4.69, 9.17) is 0 Å². The van der Waals surface area contributed by atoms with Crippen LogP contribution in [0.15, 0.2) is 164 Å². The quantitative estimate of drug-likeness (QED) is 0.201. The molecule has 0 spiro atoms. The molecule has 0 aliphatic heterocycles. The Morgan fingerprint density at radius 1 is 0.442 bits per heavy atom. The fourth-order valence-electron chi connectivity index (χ4n) is 6.53. The minimum atomic E-state index is 1.08. The van der Waals surface area contributed by atoms with Crippen molar-refractivity contribution in [3.63, 3.8) is 0 Å². The molecule has 6 aromatic carbocycles. The SMILES string of the molecule is C1=CC(c2cc(-c3ccccc3)c3c(c2)c2ccccc2n3-c2cc(-c3ccccc3)cc(-c3ccccc3)c2)=CCC1. The number of benzene rings is 6. The maximum Gasteiger partial charge on any atom is 0.0619 e. The van der Waals surface area contributed by atoms with Gasteiger partial charge in [-0.1, -0.05) is 127 Å². The van der Waals surface area contributed by atoms with Crippen LogP contribution < -0.4 is 0 Å². The van der Waals surface area contributed by atoms with Crippen LogP contribution in [0.3, 0.4) is 0 Å². The summed E-state index contributed by atoms with van der Waals surface area (Å²) in [4.78, 5) is 0. The molecule has 0 N–H and O–H groups in total. The maximum atomic E-state index is 2.49. The van der Waals surface area contributed by atoms with E-state index in [1.807, 2.05) is 0 Å². The van der Waals surface area contributed by atoms with Gasteiger partial charge in [-0.3, -0.25) is 0 Å². The summed E-state index contributed by atoms with van der Waals surface area (Å²) in [6.07, 6.45) is 9.16. The van der Waals surface area contributed by atoms with Crippen molar-refractivity contribution in [1.29, 1.82) is 0 Å². The number of nitrogens with zero attached hydrogens (tertiary/aromatic N) is 1. The molecule has 7 aromatic rings. The second-order valence-corrected chi connectivity index (χ2v) is 11.3. The molecular formula is C42H31N. The average Bonchev–Trinajstić information content (AvgIpc) is 3.44. The number of allylic oxidation sites excluding steroid dienone is 4. The predicted octanol–water partition coefficient (Wildman–Crippen LogP) is 11.5. The van der Waals surface area contributed by atoms with Crippen molar-refractivity contribution >= 4 is 27.4 Å². The van der Waals surface area contributed by atoms with E-state index in [0.29, 0.717) is 0 Å². The fourth-order valence-corrected chi connectivity index (χ4v) is 6.53. The van der Waals surface area contributed by atoms with Gasteiger partial charge in [-0.05, 0) is 88.2 Å². The largest absolute Gasteiger partial charge is 0.309 e. The minimum absolute atomic E-state index is 1.08. The first-order valence-electron chi connectivity index (χ1n) is 15.1. The molecule has 0 fully saturated rings. The molecule has 204 valence electrons. The lowest BCUT2D eigenvalue weighted by molar-refractivity contribution is 1.04. The molecule has 8 rings (SSSR count). The molecule has 1 heteroatoms. The molecule has 0 amide bonds. The third-order valence-corrected chi connectivity index (χ3v) is 8.57. The number of aromatic nitrogens is 1. The summed E-state index contributed by atoms with van der Waals surface area (Å²) >= 11 is 0. The molecule has 1 nitrogen and oxygen atoms in total. The zero-order chi connectivity index (χ0) is 28.6. The highest BCUT2D eigenvalue weighted by molar-refractivity contribution is 6.15. The molecule has 1 aliphatic carbocycles. The number of hydrogen-bond donors (Lipinski definition) is 0. The minimum Gasteiger partial charge on any atom is -0.309 e. The lowest BCUT2D eigenvalue weighted by Gasteiger charge is -2.17. The number of hydrogen-bond acceptors (Lipinski definition) is 0. The van der Waals surface area contributed by atoms with Crippen molar-refractivity contribution in [3.8, 4) is 39.1 Å². The maximum absolute atomic E-state index is 2.49. The van der Waals surface area contributed by atoms with E-state index in [0.717, 1.165) is 18.5 Å². The highest BCUT2D eigenvalue weighted by Gasteiger charge is 2.20. The van der Waals surface area contributed by atoms with E-state index >= 15 is 0 Å². The van der Waals surface area contributed by atoms with Crippen LogP contribution in [0.25, 0.3) is 66.4 Å². The van der Waals surface area contributed by atoms with Crippen LogP contribution in [0.2, 0.25) is 0 Å². The van der Waals surface area contributed by atoms with Gasteiger partial charge in [0.15, 0.2) is 0 Å². The van der Waals surface area contributed by atoms with Crippen molar-refractivity contribution in [2.75, 3.05) is 0 Å². The molecule has 0 atom stereocenters. The van der Waals surface area contributed by atoms with Crippen LogP contribution >= 0.6 is 0 Å². The summed E-state index contributed by atoms with van der Waals surface area (Å²) in [6.45, 7) is 0. The summed E-state index contributed by atoms with van der Waals surface area (Å²) in [7, 11) is 0. The highest BCUT2D eigenvalue weighted by atomic mass is 15.0. The van der Waals surface area contributed by atoms with Crippen molar-refractivity contribution in [2.24, 2.45) is 0 Å². The molecule has 0 unspecified atom stereocenters. The van der Waals surface area contributed by atoms with Crippen molar-refractivity contribution in [3.05, 3.63) is 169 Å². The summed E-state index contributed by atoms with van der Waals surface area (Å²) in [6, 6.07) is 53.0. The van der Waals surface area contributed by atoms with E-state index in [2.05, 4.69) is 168 Å². The smallest absolute Gasteiger partial charge is 0.0619 e. The average molecular weight is 550 g/mol. The molecule has 1 aromatic heterocycles. The first-order chi connectivity index (χ1) is 21.3. The second kappa shape index (κ2) is 10.8. The Kier molecular flexibility index (Phi) is 6.35. The van der Waals surface area contributed by atoms with Crippen LogP contribution in [-0.2, 0) is 0 Å². The molecule has 0 bridgehead atoms. The first-order valence-corrected chi connectivity index (χ1v) is 15.1. The Hall–Kier alpha value is -5.40. The van der Waals surface area contributed by atoms with Crippen molar-refractivity contribution in [1.82, 2.24) is 4.57 Å². The fraction of sp³-hybridized carbons (Fsp3) is 0.0476. The van der Waals surface area contributed by atoms with Gasteiger partial charge < -0.3 is 4.57 Å². The number of para-hydroxylation sites is 1. The van der Waals surface area contributed by atoms with Gasteiger partial charge in [0.1, 0.15) is 0 Å². The normalized spacial score (nSPS) is 13.0. The Morgan fingerprint density at radius 3 is 1.67 bits per heavy atom. The van der Waals surface area contributed by atoms with E-state index in [9.17, 15) is 0 Å². The Morgan fingerprint density at radius 2 is 1.05 bits per heavy atom. The van der Waals surface area contributed by atoms with E-state index < -0.39 is 0 Å². The van der Waals surface area contributed by atoms with Gasteiger partial charge >= 0.3 is 0 Å². The predicted molar refractivity (Wildman–Crippen MR) is 183 cm³/mol. The first kappa shape index (κ1) is 25.3. The Bertz CT molecular complexity index is 2090. The van der Waals surface area contributed by atoms with Gasteiger partial charge in [0, 0.05) is 22.0 Å². The van der Waals surface area contributed by atoms with Gasteiger partial charge in [0.2, 0.25) is 0 Å². The van der Waals surface area contributed by atoms with E-state index in [1.54, 1.807) is 0 Å². The molecule has 0 radical (unpaired) electrons. The topological polar surface area (TPSA) is 4.93 Å². The van der Waals surface area contributed by atoms with Crippen molar-refractivity contribution in [2.45, 2.75) is 12.8 Å². The molecule has 1 heterocycles. The van der Waals surface area contributed by atoms with E-state index in [-0.39, 0.29) is 0 Å². The molecule has 1 aliphatic rings. The van der Waals surface area contributed by atoms with Crippen LogP contribution in [0.4, 0.5) is 0 Å². The van der Waals surface area contributed by atoms with Crippen molar-refractivity contribution < 1.29 is 0 Å².